The molecule has 0 radical (unpaired) electrons. The van der Waals surface area contributed by atoms with Crippen molar-refractivity contribution < 1.29 is 32.6 Å². The van der Waals surface area contributed by atoms with Gasteiger partial charge in [-0.2, -0.15) is 0 Å². The Kier molecular flexibility index (Phi) is 8.15. The van der Waals surface area contributed by atoms with Crippen molar-refractivity contribution in [2.24, 2.45) is 0 Å². The number of phenols is 1. The average molecular weight is 670 g/mol. The standard InChI is InChI=1S/C32H23N5O8S2/c1-44-29-13-12-28(35-36-29)37-47(42,43)21-7-2-17(3-8-21)33-32(46)34-18-4-9-22(25(14-18)31(40)41)30-23-10-5-19(38)15-26(23)45-27-16-20(39)6-11-24(27)30/h2-16,38H,1H3,(H,35,37)(H,40,41)(H2,33,34,46). The second-order valence-electron chi connectivity index (χ2n) is 10.1. The van der Waals surface area contributed by atoms with Crippen LogP contribution in [0.25, 0.3) is 33.4 Å². The minimum absolute atomic E-state index is 0.0182. The highest BCUT2D eigenvalue weighted by Crippen LogP contribution is 2.42. The molecule has 2 heterocycles. The number of aromatic hydroxyl groups is 1. The van der Waals surface area contributed by atoms with Gasteiger partial charge < -0.3 is 30.0 Å². The lowest BCUT2D eigenvalue weighted by atomic mass is 9.90. The molecular weight excluding hydrogens is 647 g/mol. The van der Waals surface area contributed by atoms with Crippen molar-refractivity contribution >= 4 is 61.5 Å². The number of phenolic OH excluding ortho intramolecular Hbond substituents is 1. The van der Waals surface area contributed by atoms with Crippen LogP contribution in [-0.2, 0) is 10.0 Å². The first-order chi connectivity index (χ1) is 22.5. The summed E-state index contributed by atoms with van der Waals surface area (Å²) in [5.74, 6) is -0.780. The molecule has 0 amide bonds. The molecular formula is C32H23N5O8S2. The minimum Gasteiger partial charge on any atom is -0.508 e. The number of benzene rings is 4. The molecule has 0 fully saturated rings. The number of nitrogens with one attached hydrogen (secondary N) is 3. The molecule has 1 aliphatic carbocycles. The fourth-order valence-corrected chi connectivity index (χ4v) is 6.09. The van der Waals surface area contributed by atoms with Gasteiger partial charge >= 0.3 is 5.97 Å². The predicted octanol–water partition coefficient (Wildman–Crippen LogP) is 5.38. The van der Waals surface area contributed by atoms with Gasteiger partial charge in [0.05, 0.1) is 17.6 Å². The second kappa shape index (κ2) is 12.4. The average Bonchev–Trinajstić information content (AvgIpc) is 3.04. The first-order valence-corrected chi connectivity index (χ1v) is 15.6. The maximum atomic E-state index is 12.8. The number of anilines is 3. The van der Waals surface area contributed by atoms with E-state index in [2.05, 4.69) is 25.6 Å². The van der Waals surface area contributed by atoms with Crippen LogP contribution in [0.2, 0.25) is 0 Å². The third-order valence-corrected chi connectivity index (χ3v) is 8.54. The van der Waals surface area contributed by atoms with E-state index in [9.17, 15) is 28.2 Å². The summed E-state index contributed by atoms with van der Waals surface area (Å²) < 4.78 is 38.7. The van der Waals surface area contributed by atoms with E-state index >= 15 is 0 Å². The molecule has 4 aromatic rings. The van der Waals surface area contributed by atoms with Gasteiger partial charge in [-0.15, -0.1) is 10.2 Å². The van der Waals surface area contributed by atoms with Crippen molar-refractivity contribution in [3.05, 3.63) is 107 Å². The SMILES string of the molecule is COc1ccc(NS(=O)(=O)c2ccc(NC(=S)Nc3ccc(-c4c5ccc(=O)cc-5oc5cc(O)ccc45)c(C(=O)O)c3)cc2)nn1. The van der Waals surface area contributed by atoms with Crippen LogP contribution in [0, 0.1) is 0 Å². The van der Waals surface area contributed by atoms with Crippen molar-refractivity contribution in [2.75, 3.05) is 22.5 Å². The number of fused-ring (bicyclic) bond motifs is 2. The van der Waals surface area contributed by atoms with E-state index in [0.717, 1.165) is 0 Å². The van der Waals surface area contributed by atoms with Gasteiger partial charge in [0.15, 0.2) is 16.4 Å². The fourth-order valence-electron chi connectivity index (χ4n) is 4.86. The number of rotatable bonds is 8. The van der Waals surface area contributed by atoms with Crippen LogP contribution in [0.3, 0.4) is 0 Å². The maximum Gasteiger partial charge on any atom is 0.336 e. The largest absolute Gasteiger partial charge is 0.508 e. The van der Waals surface area contributed by atoms with Crippen molar-refractivity contribution in [3.8, 4) is 34.1 Å². The molecule has 6 rings (SSSR count). The van der Waals surface area contributed by atoms with E-state index < -0.39 is 16.0 Å². The molecule has 2 aliphatic rings. The quantitative estimate of drug-likeness (QED) is 0.103. The number of aromatic carboxylic acids is 1. The zero-order valence-corrected chi connectivity index (χ0v) is 25.8. The summed E-state index contributed by atoms with van der Waals surface area (Å²) in [7, 11) is -2.54. The number of methoxy groups -OCH3 is 1. The molecule has 1 aromatic heterocycles. The first-order valence-electron chi connectivity index (χ1n) is 13.7. The number of hydrogen-bond donors (Lipinski definition) is 5. The van der Waals surface area contributed by atoms with Crippen LogP contribution in [0.5, 0.6) is 11.6 Å². The summed E-state index contributed by atoms with van der Waals surface area (Å²) in [6.45, 7) is 0. The molecule has 3 aromatic carbocycles. The van der Waals surface area contributed by atoms with E-state index in [1.807, 2.05) is 0 Å². The van der Waals surface area contributed by atoms with Crippen LogP contribution in [0.15, 0.2) is 105 Å². The Labute approximate surface area is 271 Å². The summed E-state index contributed by atoms with van der Waals surface area (Å²) in [5, 5.41) is 34.3. The van der Waals surface area contributed by atoms with E-state index in [0.29, 0.717) is 33.5 Å². The summed E-state index contributed by atoms with van der Waals surface area (Å²) in [6.07, 6.45) is 0. The number of sulfonamides is 1. The Morgan fingerprint density at radius 1 is 0.872 bits per heavy atom. The number of carboxylic acids is 1. The maximum absolute atomic E-state index is 12.8. The number of aromatic nitrogens is 2. The lowest BCUT2D eigenvalue weighted by Gasteiger charge is -2.18. The lowest BCUT2D eigenvalue weighted by Crippen LogP contribution is -2.19. The van der Waals surface area contributed by atoms with Gasteiger partial charge in [0.2, 0.25) is 5.88 Å². The third kappa shape index (κ3) is 6.51. The number of carboxylic acid groups (broad SMARTS) is 1. The monoisotopic (exact) mass is 669 g/mol. The molecule has 0 saturated heterocycles. The normalized spacial score (nSPS) is 11.3. The van der Waals surface area contributed by atoms with Gasteiger partial charge in [-0.25, -0.2) is 13.2 Å². The summed E-state index contributed by atoms with van der Waals surface area (Å²) in [5.41, 5.74) is 2.12. The van der Waals surface area contributed by atoms with Gasteiger partial charge in [-0.05, 0) is 84.5 Å². The molecule has 0 unspecified atom stereocenters. The van der Waals surface area contributed by atoms with Gasteiger partial charge in [-0.1, -0.05) is 6.07 Å². The van der Waals surface area contributed by atoms with Gasteiger partial charge in [0, 0.05) is 46.1 Å². The molecule has 0 bridgehead atoms. The highest BCUT2D eigenvalue weighted by atomic mass is 32.2. The predicted molar refractivity (Wildman–Crippen MR) is 179 cm³/mol. The molecule has 5 N–H and O–H groups in total. The van der Waals surface area contributed by atoms with Crippen molar-refractivity contribution in [3.63, 3.8) is 0 Å². The van der Waals surface area contributed by atoms with Crippen molar-refractivity contribution in [1.29, 1.82) is 0 Å². The Hall–Kier alpha value is -6.06. The summed E-state index contributed by atoms with van der Waals surface area (Å²) in [4.78, 5) is 24.5. The van der Waals surface area contributed by atoms with Crippen LogP contribution >= 0.6 is 12.2 Å². The molecule has 0 saturated carbocycles. The Balaban J connectivity index is 1.23. The van der Waals surface area contributed by atoms with Crippen LogP contribution in [-0.4, -0.2) is 47.0 Å². The zero-order valence-electron chi connectivity index (χ0n) is 24.2. The number of carbonyl (C=O) groups is 1. The molecule has 15 heteroatoms. The first kappa shape index (κ1) is 30.9. The number of nitrogens with zero attached hydrogens (tertiary/aromatic N) is 2. The van der Waals surface area contributed by atoms with Gasteiger partial charge in [-0.3, -0.25) is 9.52 Å². The van der Waals surface area contributed by atoms with E-state index in [1.54, 1.807) is 24.3 Å². The van der Waals surface area contributed by atoms with Crippen molar-refractivity contribution in [1.82, 2.24) is 10.2 Å². The Morgan fingerprint density at radius 3 is 2.30 bits per heavy atom. The Morgan fingerprint density at radius 2 is 1.60 bits per heavy atom. The van der Waals surface area contributed by atoms with Crippen molar-refractivity contribution in [2.45, 2.75) is 4.90 Å². The van der Waals surface area contributed by atoms with Crippen LogP contribution in [0.4, 0.5) is 17.2 Å². The van der Waals surface area contributed by atoms with E-state index in [4.69, 9.17) is 21.4 Å². The highest BCUT2D eigenvalue weighted by Gasteiger charge is 2.22. The van der Waals surface area contributed by atoms with Crippen LogP contribution in [0.1, 0.15) is 10.4 Å². The van der Waals surface area contributed by atoms with Crippen LogP contribution < -0.4 is 25.5 Å². The molecule has 236 valence electrons. The Bertz CT molecular complexity index is 2310. The number of ether oxygens (including phenoxy) is 1. The molecule has 0 atom stereocenters. The number of hydrogen-bond acceptors (Lipinski definition) is 10. The molecule has 47 heavy (non-hydrogen) atoms. The minimum atomic E-state index is -3.96. The fraction of sp³-hybridized carbons (Fsp3) is 0.0312. The van der Waals surface area contributed by atoms with Gasteiger partial charge in [0.25, 0.3) is 10.0 Å². The lowest BCUT2D eigenvalue weighted by molar-refractivity contribution is 0.0697. The van der Waals surface area contributed by atoms with E-state index in [-0.39, 0.29) is 49.8 Å². The second-order valence-corrected chi connectivity index (χ2v) is 12.1. The summed E-state index contributed by atoms with van der Waals surface area (Å²) in [6, 6.07) is 22.0. The highest BCUT2D eigenvalue weighted by molar-refractivity contribution is 7.92. The topological polar surface area (TPSA) is 193 Å². The van der Waals surface area contributed by atoms with Gasteiger partial charge in [0.1, 0.15) is 17.1 Å². The van der Waals surface area contributed by atoms with E-state index in [1.165, 1.54) is 73.8 Å². The smallest absolute Gasteiger partial charge is 0.336 e. The number of thiocarbonyl (C=S) groups is 1. The molecule has 1 aliphatic heterocycles. The molecule has 13 nitrogen and oxygen atoms in total. The summed E-state index contributed by atoms with van der Waals surface area (Å²) >= 11 is 5.43. The zero-order chi connectivity index (χ0) is 33.3. The molecule has 0 spiro atoms. The third-order valence-electron chi connectivity index (χ3n) is 6.96.